The Morgan fingerprint density at radius 1 is 1.05 bits per heavy atom. The van der Waals surface area contributed by atoms with Gasteiger partial charge in [-0.2, -0.15) is 9.97 Å². The highest BCUT2D eigenvalue weighted by Crippen LogP contribution is 2.24. The van der Waals surface area contributed by atoms with E-state index in [4.69, 9.17) is 15.2 Å². The van der Waals surface area contributed by atoms with Gasteiger partial charge in [0.2, 0.25) is 17.7 Å². The molecule has 118 valence electrons. The van der Waals surface area contributed by atoms with E-state index in [1.54, 1.807) is 0 Å². The topological polar surface area (TPSA) is 108 Å². The zero-order valence-corrected chi connectivity index (χ0v) is 13.2. The first-order valence-corrected chi connectivity index (χ1v) is 7.64. The molecule has 0 saturated heterocycles. The molecule has 1 heterocycles. The number of sulfonamides is 1. The number of hydrogen-bond donors (Lipinski definition) is 1. The summed E-state index contributed by atoms with van der Waals surface area (Å²) in [4.78, 5) is 8.11. The second-order valence-electron chi connectivity index (χ2n) is 4.29. The number of rotatable bonds is 5. The molecule has 0 aliphatic rings. The van der Waals surface area contributed by atoms with Crippen molar-refractivity contribution in [2.75, 3.05) is 31.3 Å². The second kappa shape index (κ2) is 6.06. The summed E-state index contributed by atoms with van der Waals surface area (Å²) < 4.78 is 36.1. The minimum Gasteiger partial charge on any atom is -0.481 e. The van der Waals surface area contributed by atoms with Crippen LogP contribution < -0.4 is 19.5 Å². The maximum Gasteiger partial charge on any atom is 0.266 e. The van der Waals surface area contributed by atoms with Gasteiger partial charge in [0.05, 0.1) is 25.2 Å². The van der Waals surface area contributed by atoms with E-state index in [0.29, 0.717) is 5.69 Å². The zero-order chi connectivity index (χ0) is 16.3. The number of nitrogens with two attached hydrogens (primary N) is 1. The van der Waals surface area contributed by atoms with Crippen LogP contribution in [0.1, 0.15) is 0 Å². The lowest BCUT2D eigenvalue weighted by atomic mass is 10.3. The van der Waals surface area contributed by atoms with Crippen LogP contribution in [0.2, 0.25) is 0 Å². The van der Waals surface area contributed by atoms with Crippen molar-refractivity contribution in [3.63, 3.8) is 0 Å². The Morgan fingerprint density at radius 3 is 2.00 bits per heavy atom. The van der Waals surface area contributed by atoms with Gasteiger partial charge in [0, 0.05) is 12.7 Å². The number of anilines is 2. The summed E-state index contributed by atoms with van der Waals surface area (Å²) in [5.74, 6) is 0.329. The molecule has 0 bridgehead atoms. The van der Waals surface area contributed by atoms with Crippen LogP contribution in [0.4, 0.5) is 11.6 Å². The van der Waals surface area contributed by atoms with Gasteiger partial charge in [0.25, 0.3) is 10.0 Å². The summed E-state index contributed by atoms with van der Waals surface area (Å²) in [6.07, 6.45) is 0. The van der Waals surface area contributed by atoms with Crippen molar-refractivity contribution < 1.29 is 17.9 Å². The van der Waals surface area contributed by atoms with Crippen LogP contribution in [-0.4, -0.2) is 39.7 Å². The molecule has 0 aliphatic heterocycles. The molecule has 0 radical (unpaired) electrons. The van der Waals surface area contributed by atoms with Crippen molar-refractivity contribution in [1.82, 2.24) is 9.97 Å². The smallest absolute Gasteiger partial charge is 0.266 e. The Bertz CT molecular complexity index is 740. The summed E-state index contributed by atoms with van der Waals surface area (Å²) in [5, 5.41) is 0. The van der Waals surface area contributed by atoms with Crippen LogP contribution in [-0.2, 0) is 10.0 Å². The van der Waals surface area contributed by atoms with Gasteiger partial charge in [-0.1, -0.05) is 0 Å². The van der Waals surface area contributed by atoms with E-state index in [1.165, 1.54) is 51.6 Å². The molecule has 0 unspecified atom stereocenters. The van der Waals surface area contributed by atoms with E-state index in [1.807, 2.05) is 0 Å². The Labute approximate surface area is 128 Å². The Balaban J connectivity index is 2.46. The van der Waals surface area contributed by atoms with Gasteiger partial charge < -0.3 is 15.2 Å². The third-order valence-electron chi connectivity index (χ3n) is 2.91. The van der Waals surface area contributed by atoms with Gasteiger partial charge in [-0.25, -0.2) is 12.7 Å². The Hall–Kier alpha value is -2.55. The third-order valence-corrected chi connectivity index (χ3v) is 4.66. The molecule has 1 aromatic carbocycles. The quantitative estimate of drug-likeness (QED) is 0.814. The maximum absolute atomic E-state index is 12.6. The van der Waals surface area contributed by atoms with Crippen LogP contribution in [0.3, 0.4) is 0 Å². The molecule has 2 aromatic rings. The van der Waals surface area contributed by atoms with Gasteiger partial charge in [-0.05, 0) is 24.3 Å². The zero-order valence-electron chi connectivity index (χ0n) is 12.3. The monoisotopic (exact) mass is 324 g/mol. The van der Waals surface area contributed by atoms with Crippen molar-refractivity contribution in [2.45, 2.75) is 4.90 Å². The molecule has 0 saturated carbocycles. The van der Waals surface area contributed by atoms with Crippen LogP contribution in [0.5, 0.6) is 11.8 Å². The highest BCUT2D eigenvalue weighted by molar-refractivity contribution is 7.92. The number of nitrogens with zero attached hydrogens (tertiary/aromatic N) is 3. The molecule has 1 aromatic heterocycles. The molecule has 2 rings (SSSR count). The van der Waals surface area contributed by atoms with E-state index < -0.39 is 10.0 Å². The Morgan fingerprint density at radius 2 is 1.55 bits per heavy atom. The number of aromatic nitrogens is 2. The molecular formula is C13H16N4O4S. The number of hydrogen-bond acceptors (Lipinski definition) is 7. The van der Waals surface area contributed by atoms with Gasteiger partial charge in [0.15, 0.2) is 0 Å². The number of ether oxygens (including phenoxy) is 2. The first-order valence-electron chi connectivity index (χ1n) is 6.20. The highest BCUT2D eigenvalue weighted by atomic mass is 32.2. The molecule has 0 aliphatic carbocycles. The summed E-state index contributed by atoms with van der Waals surface area (Å²) >= 11 is 0. The highest BCUT2D eigenvalue weighted by Gasteiger charge is 2.24. The fourth-order valence-electron chi connectivity index (χ4n) is 1.65. The fourth-order valence-corrected chi connectivity index (χ4v) is 2.74. The first kappa shape index (κ1) is 15.8. The molecule has 0 atom stereocenters. The lowest BCUT2D eigenvalue weighted by Crippen LogP contribution is -2.28. The minimum absolute atomic E-state index is 0.0620. The van der Waals surface area contributed by atoms with E-state index in [2.05, 4.69) is 9.97 Å². The van der Waals surface area contributed by atoms with Gasteiger partial charge in [0.1, 0.15) is 0 Å². The summed E-state index contributed by atoms with van der Waals surface area (Å²) in [6.45, 7) is 0. The summed E-state index contributed by atoms with van der Waals surface area (Å²) in [6, 6.07) is 7.30. The van der Waals surface area contributed by atoms with Crippen LogP contribution >= 0.6 is 0 Å². The third kappa shape index (κ3) is 3.03. The van der Waals surface area contributed by atoms with E-state index in [9.17, 15) is 8.42 Å². The van der Waals surface area contributed by atoms with Crippen molar-refractivity contribution >= 4 is 21.7 Å². The van der Waals surface area contributed by atoms with Gasteiger partial charge in [-0.15, -0.1) is 0 Å². The van der Waals surface area contributed by atoms with E-state index >= 15 is 0 Å². The van der Waals surface area contributed by atoms with Crippen LogP contribution in [0.25, 0.3) is 0 Å². The van der Waals surface area contributed by atoms with E-state index in [0.717, 1.165) is 4.31 Å². The van der Waals surface area contributed by atoms with Crippen molar-refractivity contribution in [2.24, 2.45) is 0 Å². The predicted octanol–water partition coefficient (Wildman–Crippen LogP) is 0.901. The average molecular weight is 324 g/mol. The standard InChI is InChI=1S/C13H16N4O4S/c1-17(13-15-11(20-2)8-12(16-13)21-3)22(18,19)10-6-4-9(14)5-7-10/h4-8H,14H2,1-3H3. The predicted molar refractivity (Wildman–Crippen MR) is 81.6 cm³/mol. The largest absolute Gasteiger partial charge is 0.481 e. The molecule has 0 fully saturated rings. The van der Waals surface area contributed by atoms with Crippen molar-refractivity contribution in [1.29, 1.82) is 0 Å². The van der Waals surface area contributed by atoms with Gasteiger partial charge >= 0.3 is 0 Å². The van der Waals surface area contributed by atoms with Crippen molar-refractivity contribution in [3.8, 4) is 11.8 Å². The molecule has 0 amide bonds. The van der Waals surface area contributed by atoms with Gasteiger partial charge in [-0.3, -0.25) is 0 Å². The van der Waals surface area contributed by atoms with Crippen LogP contribution in [0, 0.1) is 0 Å². The Kier molecular flexibility index (Phi) is 4.36. The number of methoxy groups -OCH3 is 2. The SMILES string of the molecule is COc1cc(OC)nc(N(C)S(=O)(=O)c2ccc(N)cc2)n1. The molecule has 9 heteroatoms. The molecule has 2 N–H and O–H groups in total. The number of nitrogen functional groups attached to an aromatic ring is 1. The molecule has 0 spiro atoms. The summed E-state index contributed by atoms with van der Waals surface area (Å²) in [5.41, 5.74) is 6.04. The first-order chi connectivity index (χ1) is 10.4. The minimum atomic E-state index is -3.82. The molecule has 8 nitrogen and oxygen atoms in total. The second-order valence-corrected chi connectivity index (χ2v) is 6.26. The normalized spacial score (nSPS) is 11.0. The number of benzene rings is 1. The maximum atomic E-state index is 12.6. The van der Waals surface area contributed by atoms with E-state index in [-0.39, 0.29) is 22.6 Å². The molecule has 22 heavy (non-hydrogen) atoms. The fraction of sp³-hybridized carbons (Fsp3) is 0.231. The average Bonchev–Trinajstić information content (AvgIpc) is 2.53. The lowest BCUT2D eigenvalue weighted by molar-refractivity contribution is 0.372. The molecular weight excluding hydrogens is 308 g/mol. The van der Waals surface area contributed by atoms with Crippen molar-refractivity contribution in [3.05, 3.63) is 30.3 Å². The summed E-state index contributed by atoms with van der Waals surface area (Å²) in [7, 11) is 0.363. The van der Waals surface area contributed by atoms with Crippen LogP contribution in [0.15, 0.2) is 35.2 Å². The lowest BCUT2D eigenvalue weighted by Gasteiger charge is -2.18.